The average Bonchev–Trinajstić information content (AvgIpc) is 2.74. The molecule has 0 aromatic heterocycles. The second-order valence-corrected chi connectivity index (χ2v) is 7.81. The van der Waals surface area contributed by atoms with E-state index in [9.17, 15) is 9.59 Å². The molecule has 0 saturated heterocycles. The third-order valence-electron chi connectivity index (χ3n) is 3.53. The second-order valence-electron chi connectivity index (χ2n) is 5.84. The first kappa shape index (κ1) is 22.8. The highest BCUT2D eigenvalue weighted by Crippen LogP contribution is 2.12. The van der Waals surface area contributed by atoms with Crippen LogP contribution >= 0.6 is 23.5 Å². The zero-order valence-electron chi connectivity index (χ0n) is 16.2. The SMILES string of the molecule is CSCCOC(=O)COc1ccc(/C=N\NC(=O)CSCc2ccccc2)cc1. The summed E-state index contributed by atoms with van der Waals surface area (Å²) in [4.78, 5) is 23.3. The number of ether oxygens (including phenoxy) is 2. The lowest BCUT2D eigenvalue weighted by Gasteiger charge is -2.06. The quantitative estimate of drug-likeness (QED) is 0.240. The van der Waals surface area contributed by atoms with E-state index >= 15 is 0 Å². The largest absolute Gasteiger partial charge is 0.482 e. The average molecular weight is 433 g/mol. The zero-order valence-corrected chi connectivity index (χ0v) is 17.8. The van der Waals surface area contributed by atoms with Gasteiger partial charge in [-0.05, 0) is 41.6 Å². The van der Waals surface area contributed by atoms with E-state index < -0.39 is 5.97 Å². The van der Waals surface area contributed by atoms with Gasteiger partial charge in [0.2, 0.25) is 5.91 Å². The zero-order chi connectivity index (χ0) is 20.7. The molecule has 2 rings (SSSR count). The molecule has 2 aromatic rings. The first-order valence-corrected chi connectivity index (χ1v) is 11.5. The molecule has 0 saturated carbocycles. The lowest BCUT2D eigenvalue weighted by molar-refractivity contribution is -0.145. The monoisotopic (exact) mass is 432 g/mol. The molecule has 0 radical (unpaired) electrons. The summed E-state index contributed by atoms with van der Waals surface area (Å²) >= 11 is 3.15. The molecule has 8 heteroatoms. The number of nitrogens with zero attached hydrogens (tertiary/aromatic N) is 1. The van der Waals surface area contributed by atoms with Crippen LogP contribution in [-0.4, -0.2) is 49.1 Å². The highest BCUT2D eigenvalue weighted by atomic mass is 32.2. The minimum absolute atomic E-state index is 0.126. The van der Waals surface area contributed by atoms with Crippen molar-refractivity contribution < 1.29 is 19.1 Å². The number of hydrogen-bond acceptors (Lipinski definition) is 7. The maximum Gasteiger partial charge on any atom is 0.344 e. The van der Waals surface area contributed by atoms with Crippen LogP contribution < -0.4 is 10.2 Å². The number of hydrazone groups is 1. The van der Waals surface area contributed by atoms with Crippen molar-refractivity contribution in [1.82, 2.24) is 5.43 Å². The first-order chi connectivity index (χ1) is 14.2. The Bertz CT molecular complexity index is 783. The summed E-state index contributed by atoms with van der Waals surface area (Å²) in [5.41, 5.74) is 4.50. The number of rotatable bonds is 12. The summed E-state index contributed by atoms with van der Waals surface area (Å²) in [6, 6.07) is 17.0. The van der Waals surface area contributed by atoms with Gasteiger partial charge < -0.3 is 9.47 Å². The summed E-state index contributed by atoms with van der Waals surface area (Å²) in [5.74, 6) is 1.91. The summed E-state index contributed by atoms with van der Waals surface area (Å²) in [6.07, 6.45) is 3.51. The van der Waals surface area contributed by atoms with E-state index in [1.807, 2.05) is 36.6 Å². The van der Waals surface area contributed by atoms with E-state index in [2.05, 4.69) is 10.5 Å². The van der Waals surface area contributed by atoms with Crippen molar-refractivity contribution in [2.45, 2.75) is 5.75 Å². The summed E-state index contributed by atoms with van der Waals surface area (Å²) < 4.78 is 10.4. The maximum atomic E-state index is 11.8. The smallest absolute Gasteiger partial charge is 0.344 e. The van der Waals surface area contributed by atoms with Crippen LogP contribution in [0.2, 0.25) is 0 Å². The molecule has 0 heterocycles. The van der Waals surface area contributed by atoms with Gasteiger partial charge in [0.25, 0.3) is 0 Å². The molecule has 0 atom stereocenters. The van der Waals surface area contributed by atoms with Gasteiger partial charge in [0, 0.05) is 11.5 Å². The first-order valence-electron chi connectivity index (χ1n) is 8.98. The second kappa shape index (κ2) is 13.7. The minimum Gasteiger partial charge on any atom is -0.482 e. The number of thioether (sulfide) groups is 2. The van der Waals surface area contributed by atoms with E-state index in [0.717, 1.165) is 17.1 Å². The molecule has 0 unspecified atom stereocenters. The van der Waals surface area contributed by atoms with Gasteiger partial charge in [0.15, 0.2) is 6.61 Å². The molecule has 0 aliphatic carbocycles. The standard InChI is InChI=1S/C21H24N2O4S2/c1-28-12-11-26-21(25)14-27-19-9-7-17(8-10-19)13-22-23-20(24)16-29-15-18-5-3-2-4-6-18/h2-10,13H,11-12,14-16H2,1H3,(H,23,24)/b22-13-. The number of carbonyl (C=O) groups excluding carboxylic acids is 2. The fraction of sp³-hybridized carbons (Fsp3) is 0.286. The minimum atomic E-state index is -0.391. The molecular weight excluding hydrogens is 408 g/mol. The van der Waals surface area contributed by atoms with Gasteiger partial charge in [0.1, 0.15) is 12.4 Å². The summed E-state index contributed by atoms with van der Waals surface area (Å²) in [5, 5.41) is 3.96. The molecule has 1 N–H and O–H groups in total. The number of esters is 1. The van der Waals surface area contributed by atoms with Crippen molar-refractivity contribution in [3.63, 3.8) is 0 Å². The van der Waals surface area contributed by atoms with Gasteiger partial charge >= 0.3 is 5.97 Å². The van der Waals surface area contributed by atoms with Gasteiger partial charge in [-0.15, -0.1) is 11.8 Å². The fourth-order valence-corrected chi connectivity index (χ4v) is 3.15. The van der Waals surface area contributed by atoms with Crippen molar-refractivity contribution in [2.24, 2.45) is 5.10 Å². The molecule has 0 fully saturated rings. The Kier molecular flexibility index (Phi) is 10.8. The predicted molar refractivity (Wildman–Crippen MR) is 120 cm³/mol. The van der Waals surface area contributed by atoms with Gasteiger partial charge in [-0.1, -0.05) is 30.3 Å². The highest BCUT2D eigenvalue weighted by Gasteiger charge is 2.04. The molecule has 0 spiro atoms. The Morgan fingerprint density at radius 1 is 1.10 bits per heavy atom. The van der Waals surface area contributed by atoms with Gasteiger partial charge in [-0.2, -0.15) is 16.9 Å². The molecule has 154 valence electrons. The maximum absolute atomic E-state index is 11.8. The van der Waals surface area contributed by atoms with Crippen molar-refractivity contribution in [3.8, 4) is 5.75 Å². The van der Waals surface area contributed by atoms with Crippen molar-refractivity contribution >= 4 is 41.6 Å². The Balaban J connectivity index is 1.64. The molecule has 0 aliphatic heterocycles. The molecule has 29 heavy (non-hydrogen) atoms. The van der Waals surface area contributed by atoms with E-state index in [1.54, 1.807) is 42.2 Å². The topological polar surface area (TPSA) is 77.0 Å². The van der Waals surface area contributed by atoms with Crippen LogP contribution in [0.3, 0.4) is 0 Å². The van der Waals surface area contributed by atoms with Crippen molar-refractivity contribution in [2.75, 3.05) is 31.0 Å². The third-order valence-corrected chi connectivity index (χ3v) is 5.11. The van der Waals surface area contributed by atoms with Crippen molar-refractivity contribution in [3.05, 3.63) is 65.7 Å². The summed E-state index contributed by atoms with van der Waals surface area (Å²) in [7, 11) is 0. The van der Waals surface area contributed by atoms with E-state index in [-0.39, 0.29) is 12.5 Å². The Morgan fingerprint density at radius 3 is 2.59 bits per heavy atom. The predicted octanol–water partition coefficient (Wildman–Crippen LogP) is 3.36. The van der Waals surface area contributed by atoms with Gasteiger partial charge in [-0.3, -0.25) is 4.79 Å². The van der Waals surface area contributed by atoms with Gasteiger partial charge in [0.05, 0.1) is 12.0 Å². The lowest BCUT2D eigenvalue weighted by Crippen LogP contribution is -2.19. The Morgan fingerprint density at radius 2 is 1.86 bits per heavy atom. The lowest BCUT2D eigenvalue weighted by atomic mass is 10.2. The Hall–Kier alpha value is -2.45. The molecule has 0 bridgehead atoms. The normalized spacial score (nSPS) is 10.7. The van der Waals surface area contributed by atoms with Crippen LogP contribution in [0.25, 0.3) is 0 Å². The molecule has 0 aliphatic rings. The Labute approximate surface area is 179 Å². The summed E-state index contributed by atoms with van der Waals surface area (Å²) in [6.45, 7) is 0.258. The van der Waals surface area contributed by atoms with Crippen molar-refractivity contribution in [1.29, 1.82) is 0 Å². The van der Waals surface area contributed by atoms with Crippen LogP contribution in [-0.2, 0) is 20.1 Å². The van der Waals surface area contributed by atoms with Crippen LogP contribution in [0.5, 0.6) is 5.75 Å². The molecular formula is C21H24N2O4S2. The van der Waals surface area contributed by atoms with Crippen LogP contribution in [0.1, 0.15) is 11.1 Å². The van der Waals surface area contributed by atoms with Crippen LogP contribution in [0, 0.1) is 0 Å². The molecule has 6 nitrogen and oxygen atoms in total. The number of amides is 1. The number of nitrogens with one attached hydrogen (secondary N) is 1. The molecule has 1 amide bonds. The van der Waals surface area contributed by atoms with E-state index in [4.69, 9.17) is 9.47 Å². The molecule has 2 aromatic carbocycles. The number of benzene rings is 2. The number of hydrogen-bond donors (Lipinski definition) is 1. The number of carbonyl (C=O) groups is 2. The van der Waals surface area contributed by atoms with Crippen LogP contribution in [0.4, 0.5) is 0 Å². The van der Waals surface area contributed by atoms with E-state index in [0.29, 0.717) is 18.1 Å². The van der Waals surface area contributed by atoms with E-state index in [1.165, 1.54) is 17.3 Å². The third kappa shape index (κ3) is 10.0. The fourth-order valence-electron chi connectivity index (χ4n) is 2.12. The van der Waals surface area contributed by atoms with Gasteiger partial charge in [-0.25, -0.2) is 10.2 Å². The van der Waals surface area contributed by atoms with Crippen LogP contribution in [0.15, 0.2) is 59.7 Å². The highest BCUT2D eigenvalue weighted by molar-refractivity contribution is 7.99.